The highest BCUT2D eigenvalue weighted by atomic mass is 16.5. The van der Waals surface area contributed by atoms with Crippen molar-refractivity contribution in [3.05, 3.63) is 35.9 Å². The molecular formula is C14H22N2O2. The fourth-order valence-corrected chi connectivity index (χ4v) is 1.69. The Balaban J connectivity index is 2.53. The van der Waals surface area contributed by atoms with E-state index in [4.69, 9.17) is 4.74 Å². The summed E-state index contributed by atoms with van der Waals surface area (Å²) in [6.45, 7) is 3.97. The highest BCUT2D eigenvalue weighted by molar-refractivity contribution is 5.82. The monoisotopic (exact) mass is 250 g/mol. The zero-order valence-electron chi connectivity index (χ0n) is 11.1. The Kier molecular flexibility index (Phi) is 7.06. The molecule has 1 atom stereocenters. The Labute approximate surface area is 109 Å². The van der Waals surface area contributed by atoms with Crippen LogP contribution in [0.1, 0.15) is 25.0 Å². The fraction of sp³-hybridized carbons (Fsp3) is 0.500. The Morgan fingerprint density at radius 1 is 1.28 bits per heavy atom. The van der Waals surface area contributed by atoms with Crippen molar-refractivity contribution in [2.45, 2.75) is 19.4 Å². The van der Waals surface area contributed by atoms with E-state index in [-0.39, 0.29) is 5.91 Å². The quantitative estimate of drug-likeness (QED) is 0.687. The maximum absolute atomic E-state index is 12.0. The van der Waals surface area contributed by atoms with Gasteiger partial charge in [-0.05, 0) is 32.5 Å². The van der Waals surface area contributed by atoms with E-state index in [0.29, 0.717) is 13.2 Å². The molecule has 1 aromatic carbocycles. The zero-order chi connectivity index (χ0) is 13.2. The summed E-state index contributed by atoms with van der Waals surface area (Å²) in [4.78, 5) is 12.0. The predicted octanol–water partition coefficient (Wildman–Crippen LogP) is 1.49. The van der Waals surface area contributed by atoms with Gasteiger partial charge in [0.15, 0.2) is 6.10 Å². The van der Waals surface area contributed by atoms with Gasteiger partial charge < -0.3 is 15.4 Å². The molecule has 0 saturated carbocycles. The van der Waals surface area contributed by atoms with Crippen LogP contribution in [0.5, 0.6) is 0 Å². The van der Waals surface area contributed by atoms with Gasteiger partial charge in [0.1, 0.15) is 0 Å². The average molecular weight is 250 g/mol. The smallest absolute Gasteiger partial charge is 0.253 e. The second-order valence-electron chi connectivity index (χ2n) is 3.99. The summed E-state index contributed by atoms with van der Waals surface area (Å²) in [5.74, 6) is -0.0702. The number of nitrogens with one attached hydrogen (secondary N) is 2. The van der Waals surface area contributed by atoms with Gasteiger partial charge in [0.05, 0.1) is 0 Å². The van der Waals surface area contributed by atoms with Gasteiger partial charge in [-0.3, -0.25) is 4.79 Å². The molecule has 4 heteroatoms. The molecule has 0 spiro atoms. The van der Waals surface area contributed by atoms with Crippen molar-refractivity contribution in [3.8, 4) is 0 Å². The van der Waals surface area contributed by atoms with Crippen LogP contribution in [0.15, 0.2) is 30.3 Å². The SMILES string of the molecule is CCOC(C(=O)NCCCNC)c1ccccc1. The van der Waals surface area contributed by atoms with Crippen molar-refractivity contribution >= 4 is 5.91 Å². The molecule has 0 saturated heterocycles. The van der Waals surface area contributed by atoms with Crippen molar-refractivity contribution in [1.82, 2.24) is 10.6 Å². The Hall–Kier alpha value is -1.39. The third kappa shape index (κ3) is 4.85. The number of amides is 1. The number of carbonyl (C=O) groups excluding carboxylic acids is 1. The molecule has 2 N–H and O–H groups in total. The van der Waals surface area contributed by atoms with Crippen LogP contribution in [-0.2, 0) is 9.53 Å². The van der Waals surface area contributed by atoms with E-state index in [9.17, 15) is 4.79 Å². The minimum absolute atomic E-state index is 0.0702. The first-order valence-corrected chi connectivity index (χ1v) is 6.38. The standard InChI is InChI=1S/C14H22N2O2/c1-3-18-13(12-8-5-4-6-9-12)14(17)16-11-7-10-15-2/h4-6,8-9,13,15H,3,7,10-11H2,1-2H3,(H,16,17). The van der Waals surface area contributed by atoms with Crippen molar-refractivity contribution < 1.29 is 9.53 Å². The Morgan fingerprint density at radius 3 is 2.61 bits per heavy atom. The van der Waals surface area contributed by atoms with Crippen LogP contribution in [0, 0.1) is 0 Å². The molecule has 1 rings (SSSR count). The van der Waals surface area contributed by atoms with E-state index in [1.165, 1.54) is 0 Å². The number of hydrogen-bond donors (Lipinski definition) is 2. The fourth-order valence-electron chi connectivity index (χ4n) is 1.69. The van der Waals surface area contributed by atoms with E-state index < -0.39 is 6.10 Å². The molecule has 18 heavy (non-hydrogen) atoms. The predicted molar refractivity (Wildman–Crippen MR) is 72.4 cm³/mol. The number of ether oxygens (including phenoxy) is 1. The average Bonchev–Trinajstić information content (AvgIpc) is 2.41. The largest absolute Gasteiger partial charge is 0.364 e. The second-order valence-corrected chi connectivity index (χ2v) is 3.99. The molecule has 0 heterocycles. The molecule has 0 aliphatic rings. The summed E-state index contributed by atoms with van der Waals surface area (Å²) in [5.41, 5.74) is 0.894. The molecule has 0 fully saturated rings. The first-order chi connectivity index (χ1) is 8.79. The zero-order valence-corrected chi connectivity index (χ0v) is 11.1. The molecule has 0 aliphatic carbocycles. The lowest BCUT2D eigenvalue weighted by Crippen LogP contribution is -2.32. The molecule has 0 bridgehead atoms. The number of hydrogen-bond acceptors (Lipinski definition) is 3. The summed E-state index contributed by atoms with van der Waals surface area (Å²) in [6.07, 6.45) is 0.404. The Bertz CT molecular complexity index is 341. The van der Waals surface area contributed by atoms with Crippen LogP contribution in [0.2, 0.25) is 0 Å². The lowest BCUT2D eigenvalue weighted by Gasteiger charge is -2.17. The maximum Gasteiger partial charge on any atom is 0.253 e. The molecule has 1 unspecified atom stereocenters. The van der Waals surface area contributed by atoms with Crippen molar-refractivity contribution in [1.29, 1.82) is 0 Å². The Morgan fingerprint density at radius 2 is 2.00 bits per heavy atom. The number of carbonyl (C=O) groups is 1. The van der Waals surface area contributed by atoms with Crippen molar-refractivity contribution in [2.24, 2.45) is 0 Å². The highest BCUT2D eigenvalue weighted by Gasteiger charge is 2.19. The molecule has 4 nitrogen and oxygen atoms in total. The third-order valence-corrected chi connectivity index (χ3v) is 2.58. The van der Waals surface area contributed by atoms with Gasteiger partial charge in [-0.25, -0.2) is 0 Å². The molecule has 1 aromatic rings. The molecule has 0 radical (unpaired) electrons. The van der Waals surface area contributed by atoms with Crippen LogP contribution >= 0.6 is 0 Å². The minimum atomic E-state index is -0.509. The van der Waals surface area contributed by atoms with Gasteiger partial charge in [-0.2, -0.15) is 0 Å². The van der Waals surface area contributed by atoms with Gasteiger partial charge in [-0.15, -0.1) is 0 Å². The van der Waals surface area contributed by atoms with Gasteiger partial charge in [0.25, 0.3) is 5.91 Å². The van der Waals surface area contributed by atoms with E-state index >= 15 is 0 Å². The van der Waals surface area contributed by atoms with Crippen LogP contribution in [0.4, 0.5) is 0 Å². The minimum Gasteiger partial charge on any atom is -0.364 e. The lowest BCUT2D eigenvalue weighted by atomic mass is 10.1. The lowest BCUT2D eigenvalue weighted by molar-refractivity contribution is -0.133. The van der Waals surface area contributed by atoms with Gasteiger partial charge in [0, 0.05) is 13.2 Å². The first kappa shape index (κ1) is 14.7. The number of benzene rings is 1. The van der Waals surface area contributed by atoms with Crippen LogP contribution in [0.25, 0.3) is 0 Å². The summed E-state index contributed by atoms with van der Waals surface area (Å²) in [6, 6.07) is 9.57. The molecule has 1 amide bonds. The summed E-state index contributed by atoms with van der Waals surface area (Å²) in [7, 11) is 1.90. The van der Waals surface area contributed by atoms with Crippen molar-refractivity contribution in [2.75, 3.05) is 26.7 Å². The normalized spacial score (nSPS) is 12.1. The second kappa shape index (κ2) is 8.66. The van der Waals surface area contributed by atoms with Crippen LogP contribution < -0.4 is 10.6 Å². The molecule has 100 valence electrons. The topological polar surface area (TPSA) is 50.4 Å². The summed E-state index contributed by atoms with van der Waals surface area (Å²) >= 11 is 0. The van der Waals surface area contributed by atoms with Crippen molar-refractivity contribution in [3.63, 3.8) is 0 Å². The van der Waals surface area contributed by atoms with E-state index in [1.54, 1.807) is 0 Å². The molecular weight excluding hydrogens is 228 g/mol. The van der Waals surface area contributed by atoms with E-state index in [1.807, 2.05) is 44.3 Å². The summed E-state index contributed by atoms with van der Waals surface area (Å²) < 4.78 is 5.52. The number of rotatable bonds is 8. The summed E-state index contributed by atoms with van der Waals surface area (Å²) in [5, 5.41) is 5.94. The van der Waals surface area contributed by atoms with Gasteiger partial charge in [0.2, 0.25) is 0 Å². The van der Waals surface area contributed by atoms with Crippen LogP contribution in [0.3, 0.4) is 0 Å². The van der Waals surface area contributed by atoms with E-state index in [2.05, 4.69) is 10.6 Å². The third-order valence-electron chi connectivity index (χ3n) is 2.58. The highest BCUT2D eigenvalue weighted by Crippen LogP contribution is 2.16. The maximum atomic E-state index is 12.0. The van der Waals surface area contributed by atoms with Gasteiger partial charge in [-0.1, -0.05) is 30.3 Å². The molecule has 0 aromatic heterocycles. The first-order valence-electron chi connectivity index (χ1n) is 6.38. The molecule has 0 aliphatic heterocycles. The van der Waals surface area contributed by atoms with Gasteiger partial charge >= 0.3 is 0 Å². The van der Waals surface area contributed by atoms with Crippen LogP contribution in [-0.4, -0.2) is 32.7 Å². The van der Waals surface area contributed by atoms with E-state index in [0.717, 1.165) is 18.5 Å².